The van der Waals surface area contributed by atoms with Crippen molar-refractivity contribution in [2.75, 3.05) is 6.61 Å². The molecule has 18 heavy (non-hydrogen) atoms. The summed E-state index contributed by atoms with van der Waals surface area (Å²) in [5.74, 6) is -2.30. The lowest BCUT2D eigenvalue weighted by atomic mass is 10.1. The number of halogens is 4. The Hall–Kier alpha value is -1.85. The van der Waals surface area contributed by atoms with Crippen molar-refractivity contribution in [1.29, 1.82) is 0 Å². The van der Waals surface area contributed by atoms with Gasteiger partial charge in [-0.05, 0) is 30.7 Å². The molecule has 98 valence electrons. The molecule has 1 aromatic carbocycles. The first-order chi connectivity index (χ1) is 8.34. The standard InChI is InChI=1S/C12H10F4O2/c1-2-18-11(17)10(13)7-8-3-5-9(6-4-8)12(14,15)16/h3-7H,2H2,1H3/b10-7+. The molecular formula is C12H10F4O2. The normalized spacial score (nSPS) is 12.4. The van der Waals surface area contributed by atoms with Crippen molar-refractivity contribution in [3.63, 3.8) is 0 Å². The number of rotatable bonds is 3. The molecule has 0 N–H and O–H groups in total. The maximum atomic E-state index is 13.2. The van der Waals surface area contributed by atoms with Gasteiger partial charge in [-0.2, -0.15) is 17.6 Å². The van der Waals surface area contributed by atoms with Crippen molar-refractivity contribution in [2.24, 2.45) is 0 Å². The molecule has 0 aliphatic carbocycles. The number of carbonyl (C=O) groups is 1. The molecular weight excluding hydrogens is 252 g/mol. The van der Waals surface area contributed by atoms with Gasteiger partial charge in [-0.25, -0.2) is 4.79 Å². The van der Waals surface area contributed by atoms with Crippen LogP contribution in [0.5, 0.6) is 0 Å². The minimum absolute atomic E-state index is 0.0209. The molecule has 1 rings (SSSR count). The van der Waals surface area contributed by atoms with Crippen LogP contribution in [-0.2, 0) is 15.7 Å². The fraction of sp³-hybridized carbons (Fsp3) is 0.250. The van der Waals surface area contributed by atoms with E-state index in [0.29, 0.717) is 0 Å². The van der Waals surface area contributed by atoms with Gasteiger partial charge in [0.25, 0.3) is 0 Å². The van der Waals surface area contributed by atoms with Crippen LogP contribution < -0.4 is 0 Å². The third-order valence-electron chi connectivity index (χ3n) is 2.00. The first-order valence-electron chi connectivity index (χ1n) is 5.06. The van der Waals surface area contributed by atoms with E-state index in [1.165, 1.54) is 6.92 Å². The average molecular weight is 262 g/mol. The van der Waals surface area contributed by atoms with E-state index in [-0.39, 0.29) is 12.2 Å². The molecule has 0 bridgehead atoms. The largest absolute Gasteiger partial charge is 0.461 e. The fourth-order valence-electron chi connectivity index (χ4n) is 1.17. The molecule has 0 fully saturated rings. The third kappa shape index (κ3) is 3.87. The average Bonchev–Trinajstić information content (AvgIpc) is 2.28. The Balaban J connectivity index is 2.87. The van der Waals surface area contributed by atoms with E-state index in [1.54, 1.807) is 0 Å². The minimum Gasteiger partial charge on any atom is -0.461 e. The van der Waals surface area contributed by atoms with Gasteiger partial charge < -0.3 is 4.74 Å². The van der Waals surface area contributed by atoms with Gasteiger partial charge in [0.05, 0.1) is 12.2 Å². The zero-order valence-electron chi connectivity index (χ0n) is 9.42. The van der Waals surface area contributed by atoms with Gasteiger partial charge in [0, 0.05) is 0 Å². The Kier molecular flexibility index (Phi) is 4.47. The number of esters is 1. The Morgan fingerprint density at radius 1 is 1.28 bits per heavy atom. The molecule has 0 saturated heterocycles. The summed E-state index contributed by atoms with van der Waals surface area (Å²) >= 11 is 0. The number of alkyl halides is 3. The molecule has 0 atom stereocenters. The van der Waals surface area contributed by atoms with Crippen LogP contribution in [0.2, 0.25) is 0 Å². The number of hydrogen-bond acceptors (Lipinski definition) is 2. The highest BCUT2D eigenvalue weighted by Crippen LogP contribution is 2.29. The third-order valence-corrected chi connectivity index (χ3v) is 2.00. The molecule has 0 spiro atoms. The van der Waals surface area contributed by atoms with Crippen LogP contribution in [0.3, 0.4) is 0 Å². The number of benzene rings is 1. The lowest BCUT2D eigenvalue weighted by Crippen LogP contribution is -2.05. The van der Waals surface area contributed by atoms with Gasteiger partial charge in [-0.3, -0.25) is 0 Å². The maximum Gasteiger partial charge on any atom is 0.416 e. The second kappa shape index (κ2) is 5.66. The molecule has 0 radical (unpaired) electrons. The van der Waals surface area contributed by atoms with E-state index in [2.05, 4.69) is 4.74 Å². The summed E-state index contributed by atoms with van der Waals surface area (Å²) in [5, 5.41) is 0. The van der Waals surface area contributed by atoms with Gasteiger partial charge in [0.1, 0.15) is 0 Å². The van der Waals surface area contributed by atoms with Crippen LogP contribution in [0.4, 0.5) is 17.6 Å². The lowest BCUT2D eigenvalue weighted by molar-refractivity contribution is -0.140. The molecule has 0 aromatic heterocycles. The zero-order valence-corrected chi connectivity index (χ0v) is 9.42. The molecule has 6 heteroatoms. The van der Waals surface area contributed by atoms with E-state index in [1.807, 2.05) is 0 Å². The number of hydrogen-bond donors (Lipinski definition) is 0. The second-order valence-corrected chi connectivity index (χ2v) is 3.33. The summed E-state index contributed by atoms with van der Waals surface area (Å²) in [4.78, 5) is 10.9. The van der Waals surface area contributed by atoms with Gasteiger partial charge in [-0.1, -0.05) is 12.1 Å². The molecule has 0 aliphatic rings. The number of ether oxygens (including phenoxy) is 1. The monoisotopic (exact) mass is 262 g/mol. The van der Waals surface area contributed by atoms with E-state index in [9.17, 15) is 22.4 Å². The highest BCUT2D eigenvalue weighted by atomic mass is 19.4. The quantitative estimate of drug-likeness (QED) is 0.473. The van der Waals surface area contributed by atoms with Crippen LogP contribution >= 0.6 is 0 Å². The van der Waals surface area contributed by atoms with E-state index in [0.717, 1.165) is 30.3 Å². The number of carbonyl (C=O) groups excluding carboxylic acids is 1. The Bertz CT molecular complexity index is 446. The molecule has 0 unspecified atom stereocenters. The smallest absolute Gasteiger partial charge is 0.416 e. The topological polar surface area (TPSA) is 26.3 Å². The maximum absolute atomic E-state index is 13.2. The van der Waals surface area contributed by atoms with Crippen LogP contribution in [-0.4, -0.2) is 12.6 Å². The van der Waals surface area contributed by atoms with Gasteiger partial charge in [0.2, 0.25) is 5.83 Å². The first kappa shape index (κ1) is 14.2. The summed E-state index contributed by atoms with van der Waals surface area (Å²) in [6, 6.07) is 3.76. The van der Waals surface area contributed by atoms with Crippen LogP contribution in [0.15, 0.2) is 30.1 Å². The summed E-state index contributed by atoms with van der Waals surface area (Å²) < 4.78 is 54.3. The van der Waals surface area contributed by atoms with Gasteiger partial charge in [0.15, 0.2) is 0 Å². The van der Waals surface area contributed by atoms with Crippen molar-refractivity contribution in [3.05, 3.63) is 41.2 Å². The summed E-state index contributed by atoms with van der Waals surface area (Å²) in [6.07, 6.45) is -3.62. The van der Waals surface area contributed by atoms with Crippen molar-refractivity contribution in [1.82, 2.24) is 0 Å². The van der Waals surface area contributed by atoms with E-state index < -0.39 is 23.5 Å². The zero-order chi connectivity index (χ0) is 13.8. The molecule has 0 saturated carbocycles. The fourth-order valence-corrected chi connectivity index (χ4v) is 1.17. The predicted molar refractivity (Wildman–Crippen MR) is 57.2 cm³/mol. The summed E-state index contributed by atoms with van der Waals surface area (Å²) in [6.45, 7) is 1.54. The lowest BCUT2D eigenvalue weighted by Gasteiger charge is -2.06. The summed E-state index contributed by atoms with van der Waals surface area (Å²) in [5.41, 5.74) is -0.690. The van der Waals surface area contributed by atoms with Gasteiger partial charge >= 0.3 is 12.1 Å². The highest BCUT2D eigenvalue weighted by molar-refractivity contribution is 5.91. The van der Waals surface area contributed by atoms with Crippen LogP contribution in [0, 0.1) is 0 Å². The SMILES string of the molecule is CCOC(=O)/C(F)=C\c1ccc(C(F)(F)F)cc1. The highest BCUT2D eigenvalue weighted by Gasteiger charge is 2.29. The molecule has 0 heterocycles. The van der Waals surface area contributed by atoms with Crippen LogP contribution in [0.25, 0.3) is 6.08 Å². The Morgan fingerprint density at radius 3 is 2.28 bits per heavy atom. The van der Waals surface area contributed by atoms with Crippen molar-refractivity contribution in [2.45, 2.75) is 13.1 Å². The van der Waals surface area contributed by atoms with Gasteiger partial charge in [-0.15, -0.1) is 0 Å². The molecule has 0 amide bonds. The van der Waals surface area contributed by atoms with Crippen molar-refractivity contribution in [3.8, 4) is 0 Å². The Morgan fingerprint density at radius 2 is 1.83 bits per heavy atom. The van der Waals surface area contributed by atoms with E-state index >= 15 is 0 Å². The van der Waals surface area contributed by atoms with Crippen molar-refractivity contribution < 1.29 is 27.1 Å². The summed E-state index contributed by atoms with van der Waals surface area (Å²) in [7, 11) is 0. The second-order valence-electron chi connectivity index (χ2n) is 3.33. The minimum atomic E-state index is -4.44. The molecule has 2 nitrogen and oxygen atoms in total. The van der Waals surface area contributed by atoms with E-state index in [4.69, 9.17) is 0 Å². The van der Waals surface area contributed by atoms with Crippen molar-refractivity contribution >= 4 is 12.0 Å². The predicted octanol–water partition coefficient (Wildman–Crippen LogP) is 3.58. The Labute approximate surface area is 101 Å². The molecule has 0 aliphatic heterocycles. The molecule has 1 aromatic rings. The van der Waals surface area contributed by atoms with Crippen LogP contribution in [0.1, 0.15) is 18.1 Å². The first-order valence-corrected chi connectivity index (χ1v) is 5.06.